The van der Waals surface area contributed by atoms with E-state index in [4.69, 9.17) is 4.42 Å². The maximum absolute atomic E-state index is 5.20. The molecule has 4 heteroatoms. The molecule has 0 unspecified atom stereocenters. The maximum atomic E-state index is 5.20. The zero-order chi connectivity index (χ0) is 10.7. The molecular formula is C11H13N3O. The Morgan fingerprint density at radius 2 is 2.07 bits per heavy atom. The van der Waals surface area contributed by atoms with Crippen LogP contribution >= 0.6 is 0 Å². The molecule has 0 aliphatic rings. The highest BCUT2D eigenvalue weighted by Gasteiger charge is 2.06. The van der Waals surface area contributed by atoms with Crippen LogP contribution in [-0.2, 0) is 6.54 Å². The van der Waals surface area contributed by atoms with Crippen molar-refractivity contribution in [2.75, 3.05) is 7.05 Å². The SMILES string of the molecule is CNCc1cnc(-c2ccoc2C)nc1. The molecule has 4 nitrogen and oxygen atoms in total. The van der Waals surface area contributed by atoms with Crippen LogP contribution in [-0.4, -0.2) is 17.0 Å². The topological polar surface area (TPSA) is 51.0 Å². The van der Waals surface area contributed by atoms with Gasteiger partial charge in [-0.3, -0.25) is 0 Å². The average molecular weight is 203 g/mol. The van der Waals surface area contributed by atoms with Gasteiger partial charge in [0.05, 0.1) is 11.8 Å². The molecule has 0 fully saturated rings. The summed E-state index contributed by atoms with van der Waals surface area (Å²) < 4.78 is 5.20. The summed E-state index contributed by atoms with van der Waals surface area (Å²) in [5.74, 6) is 1.55. The van der Waals surface area contributed by atoms with Gasteiger partial charge in [-0.2, -0.15) is 0 Å². The number of hydrogen-bond acceptors (Lipinski definition) is 4. The third kappa shape index (κ3) is 2.05. The van der Waals surface area contributed by atoms with Crippen molar-refractivity contribution in [1.29, 1.82) is 0 Å². The van der Waals surface area contributed by atoms with E-state index in [0.717, 1.165) is 23.4 Å². The van der Waals surface area contributed by atoms with E-state index in [2.05, 4.69) is 15.3 Å². The van der Waals surface area contributed by atoms with Crippen molar-refractivity contribution < 1.29 is 4.42 Å². The molecule has 1 N–H and O–H groups in total. The summed E-state index contributed by atoms with van der Waals surface area (Å²) in [6, 6.07) is 1.88. The fourth-order valence-corrected chi connectivity index (χ4v) is 1.41. The van der Waals surface area contributed by atoms with E-state index in [1.165, 1.54) is 0 Å². The van der Waals surface area contributed by atoms with Gasteiger partial charge in [0, 0.05) is 24.5 Å². The molecular weight excluding hydrogens is 190 g/mol. The van der Waals surface area contributed by atoms with Gasteiger partial charge in [-0.15, -0.1) is 0 Å². The number of nitrogens with one attached hydrogen (secondary N) is 1. The zero-order valence-electron chi connectivity index (χ0n) is 8.82. The van der Waals surface area contributed by atoms with Gasteiger partial charge in [-0.25, -0.2) is 9.97 Å². The quantitative estimate of drug-likeness (QED) is 0.825. The molecule has 0 aliphatic heterocycles. The standard InChI is InChI=1S/C11H13N3O/c1-8-10(3-4-15-8)11-13-6-9(5-12-2)7-14-11/h3-4,6-7,12H,5H2,1-2H3. The minimum atomic E-state index is 0.709. The van der Waals surface area contributed by atoms with E-state index in [-0.39, 0.29) is 0 Å². The predicted octanol–water partition coefficient (Wildman–Crippen LogP) is 1.76. The molecule has 2 aromatic heterocycles. The molecule has 0 bridgehead atoms. The first-order valence-corrected chi connectivity index (χ1v) is 4.81. The van der Waals surface area contributed by atoms with Crippen LogP contribution in [0.5, 0.6) is 0 Å². The summed E-state index contributed by atoms with van der Waals surface area (Å²) in [7, 11) is 1.90. The van der Waals surface area contributed by atoms with E-state index in [1.807, 2.05) is 32.4 Å². The summed E-state index contributed by atoms with van der Waals surface area (Å²) in [6.45, 7) is 2.69. The smallest absolute Gasteiger partial charge is 0.162 e. The van der Waals surface area contributed by atoms with E-state index in [1.54, 1.807) is 6.26 Å². The lowest BCUT2D eigenvalue weighted by Crippen LogP contribution is -2.06. The zero-order valence-corrected chi connectivity index (χ0v) is 8.82. The molecule has 15 heavy (non-hydrogen) atoms. The van der Waals surface area contributed by atoms with Crippen molar-refractivity contribution in [2.24, 2.45) is 0 Å². The predicted molar refractivity (Wildman–Crippen MR) is 57.2 cm³/mol. The Hall–Kier alpha value is -1.68. The third-order valence-electron chi connectivity index (χ3n) is 2.19. The molecule has 0 amide bonds. The van der Waals surface area contributed by atoms with Crippen molar-refractivity contribution >= 4 is 0 Å². The number of furan rings is 1. The van der Waals surface area contributed by atoms with Gasteiger partial charge in [0.25, 0.3) is 0 Å². The Morgan fingerprint density at radius 3 is 2.60 bits per heavy atom. The minimum absolute atomic E-state index is 0.709. The van der Waals surface area contributed by atoms with Gasteiger partial charge >= 0.3 is 0 Å². The minimum Gasteiger partial charge on any atom is -0.469 e. The second kappa shape index (κ2) is 4.23. The normalized spacial score (nSPS) is 10.5. The fraction of sp³-hybridized carbons (Fsp3) is 0.273. The molecule has 0 atom stereocenters. The summed E-state index contributed by atoms with van der Waals surface area (Å²) >= 11 is 0. The molecule has 2 rings (SSSR count). The largest absolute Gasteiger partial charge is 0.469 e. The molecule has 0 saturated carbocycles. The van der Waals surface area contributed by atoms with Crippen LogP contribution in [0.15, 0.2) is 29.1 Å². The van der Waals surface area contributed by atoms with Crippen molar-refractivity contribution in [1.82, 2.24) is 15.3 Å². The first kappa shape index (κ1) is 9.86. The van der Waals surface area contributed by atoms with Crippen molar-refractivity contribution in [2.45, 2.75) is 13.5 Å². The Labute approximate surface area is 88.4 Å². The van der Waals surface area contributed by atoms with Gasteiger partial charge in [-0.05, 0) is 20.0 Å². The Bertz CT molecular complexity index is 433. The lowest BCUT2D eigenvalue weighted by molar-refractivity contribution is 0.535. The van der Waals surface area contributed by atoms with Gasteiger partial charge in [0.1, 0.15) is 5.76 Å². The van der Waals surface area contributed by atoms with Crippen molar-refractivity contribution in [3.8, 4) is 11.4 Å². The van der Waals surface area contributed by atoms with Crippen LogP contribution < -0.4 is 5.32 Å². The second-order valence-electron chi connectivity index (χ2n) is 3.34. The number of aryl methyl sites for hydroxylation is 1. The molecule has 0 spiro atoms. The number of rotatable bonds is 3. The summed E-state index contributed by atoms with van der Waals surface area (Å²) in [6.07, 6.45) is 5.30. The van der Waals surface area contributed by atoms with Crippen LogP contribution in [0.25, 0.3) is 11.4 Å². The molecule has 2 aromatic rings. The molecule has 2 heterocycles. The summed E-state index contributed by atoms with van der Waals surface area (Å²) in [5, 5.41) is 3.05. The van der Waals surface area contributed by atoms with E-state index in [9.17, 15) is 0 Å². The Morgan fingerprint density at radius 1 is 1.33 bits per heavy atom. The number of nitrogens with zero attached hydrogens (tertiary/aromatic N) is 2. The number of hydrogen-bond donors (Lipinski definition) is 1. The van der Waals surface area contributed by atoms with Crippen LogP contribution in [0, 0.1) is 6.92 Å². The first-order chi connectivity index (χ1) is 7.31. The Balaban J connectivity index is 2.28. The van der Waals surface area contributed by atoms with Crippen LogP contribution in [0.3, 0.4) is 0 Å². The van der Waals surface area contributed by atoms with Crippen LogP contribution in [0.2, 0.25) is 0 Å². The second-order valence-corrected chi connectivity index (χ2v) is 3.34. The Kier molecular flexibility index (Phi) is 2.78. The van der Waals surface area contributed by atoms with Crippen molar-refractivity contribution in [3.63, 3.8) is 0 Å². The van der Waals surface area contributed by atoms with E-state index in [0.29, 0.717) is 5.82 Å². The third-order valence-corrected chi connectivity index (χ3v) is 2.19. The molecule has 0 radical (unpaired) electrons. The molecule has 0 aromatic carbocycles. The monoisotopic (exact) mass is 203 g/mol. The van der Waals surface area contributed by atoms with Gasteiger partial charge in [0.2, 0.25) is 0 Å². The highest BCUT2D eigenvalue weighted by Crippen LogP contribution is 2.19. The fourth-order valence-electron chi connectivity index (χ4n) is 1.41. The average Bonchev–Trinajstić information content (AvgIpc) is 2.66. The first-order valence-electron chi connectivity index (χ1n) is 4.81. The lowest BCUT2D eigenvalue weighted by Gasteiger charge is -2.00. The lowest BCUT2D eigenvalue weighted by atomic mass is 10.2. The highest BCUT2D eigenvalue weighted by molar-refractivity contribution is 5.56. The van der Waals surface area contributed by atoms with Crippen LogP contribution in [0.4, 0.5) is 0 Å². The molecule has 0 aliphatic carbocycles. The van der Waals surface area contributed by atoms with Crippen molar-refractivity contribution in [3.05, 3.63) is 36.0 Å². The van der Waals surface area contributed by atoms with E-state index < -0.39 is 0 Å². The van der Waals surface area contributed by atoms with Crippen LogP contribution in [0.1, 0.15) is 11.3 Å². The highest BCUT2D eigenvalue weighted by atomic mass is 16.3. The maximum Gasteiger partial charge on any atom is 0.162 e. The van der Waals surface area contributed by atoms with E-state index >= 15 is 0 Å². The molecule has 0 saturated heterocycles. The van der Waals surface area contributed by atoms with Gasteiger partial charge in [0.15, 0.2) is 5.82 Å². The number of aromatic nitrogens is 2. The molecule has 78 valence electrons. The van der Waals surface area contributed by atoms with Gasteiger partial charge < -0.3 is 9.73 Å². The summed E-state index contributed by atoms with van der Waals surface area (Å²) in [5.41, 5.74) is 2.02. The summed E-state index contributed by atoms with van der Waals surface area (Å²) in [4.78, 5) is 8.58. The van der Waals surface area contributed by atoms with Gasteiger partial charge in [-0.1, -0.05) is 0 Å².